The number of halogens is 1. The average Bonchev–Trinajstić information content (AvgIpc) is 3.38. The highest BCUT2D eigenvalue weighted by Crippen LogP contribution is 2.36. The second-order valence-corrected chi connectivity index (χ2v) is 16.4. The molecule has 1 atom stereocenters. The molecule has 0 radical (unpaired) electrons. The summed E-state index contributed by atoms with van der Waals surface area (Å²) < 4.78 is 28.3. The van der Waals surface area contributed by atoms with Crippen LogP contribution >= 0.6 is 0 Å². The molecule has 3 heterocycles. The van der Waals surface area contributed by atoms with Crippen molar-refractivity contribution in [3.63, 3.8) is 0 Å². The van der Waals surface area contributed by atoms with Crippen LogP contribution in [0.3, 0.4) is 0 Å². The highest BCUT2D eigenvalue weighted by molar-refractivity contribution is 6.74. The van der Waals surface area contributed by atoms with Gasteiger partial charge in [0, 0.05) is 44.0 Å². The van der Waals surface area contributed by atoms with E-state index >= 15 is 0 Å². The minimum Gasteiger partial charge on any atom is -0.480 e. The number of anilines is 2. The minimum atomic E-state index is -2.06. The van der Waals surface area contributed by atoms with Crippen LogP contribution in [-0.4, -0.2) is 57.6 Å². The Kier molecular flexibility index (Phi) is 10.1. The number of nitrogens with zero attached hydrogens (tertiary/aromatic N) is 5. The number of nitrogens with one attached hydrogen (secondary N) is 3. The van der Waals surface area contributed by atoms with Gasteiger partial charge >= 0.3 is 0 Å². The quantitative estimate of drug-likeness (QED) is 0.123. The van der Waals surface area contributed by atoms with Gasteiger partial charge in [-0.15, -0.1) is 0 Å². The van der Waals surface area contributed by atoms with E-state index in [9.17, 15) is 14.0 Å². The lowest BCUT2D eigenvalue weighted by Crippen LogP contribution is -2.49. The standard InChI is InChI=1S/C30H37FN8O4Si/c1-30(2,3)44(5,6)42-17-14-24(43-21-10-8-7-9-11-21)28(41)38-37-27(40)23-18-20(19-25(31)34-23)22-12-15-32-29(35-22)36-26-13-16-33-39(26)4/h7-13,15-16,18-19,24H,14,17H2,1-6H3,(H,37,40)(H,38,41)(H,32,35,36). The molecule has 4 rings (SSSR count). The SMILES string of the molecule is Cn1nccc1Nc1nccc(-c2cc(F)nc(C(=O)NNC(=O)C(CCO[Si](C)(C)C(C)(C)C)Oc3ccccc3)c2)n1. The smallest absolute Gasteiger partial charge is 0.288 e. The van der Waals surface area contributed by atoms with Crippen molar-refractivity contribution in [2.45, 2.75) is 51.4 Å². The summed E-state index contributed by atoms with van der Waals surface area (Å²) in [5, 5.41) is 7.11. The number of ether oxygens (including phenoxy) is 1. The summed E-state index contributed by atoms with van der Waals surface area (Å²) in [4.78, 5) is 38.4. The first-order chi connectivity index (χ1) is 20.8. The molecular formula is C30H37FN8O4Si. The van der Waals surface area contributed by atoms with Crippen LogP contribution in [0.1, 0.15) is 37.7 Å². The number of benzene rings is 1. The Morgan fingerprint density at radius 3 is 2.45 bits per heavy atom. The molecule has 4 aromatic rings. The van der Waals surface area contributed by atoms with Gasteiger partial charge in [-0.2, -0.15) is 9.49 Å². The van der Waals surface area contributed by atoms with Crippen LogP contribution in [0.25, 0.3) is 11.3 Å². The van der Waals surface area contributed by atoms with Crippen LogP contribution in [0.4, 0.5) is 16.2 Å². The van der Waals surface area contributed by atoms with Crippen molar-refractivity contribution in [2.24, 2.45) is 7.05 Å². The van der Waals surface area contributed by atoms with E-state index in [4.69, 9.17) is 9.16 Å². The van der Waals surface area contributed by atoms with Gasteiger partial charge in [0.15, 0.2) is 14.4 Å². The van der Waals surface area contributed by atoms with Gasteiger partial charge in [0.05, 0.1) is 11.9 Å². The summed E-state index contributed by atoms with van der Waals surface area (Å²) >= 11 is 0. The lowest BCUT2D eigenvalue weighted by Gasteiger charge is -2.36. The van der Waals surface area contributed by atoms with E-state index in [2.05, 4.69) is 70.1 Å². The molecule has 2 amide bonds. The van der Waals surface area contributed by atoms with Gasteiger partial charge in [-0.3, -0.25) is 25.1 Å². The number of para-hydroxylation sites is 1. The number of pyridine rings is 1. The van der Waals surface area contributed by atoms with E-state index < -0.39 is 32.2 Å². The normalized spacial score (nSPS) is 12.3. The molecule has 0 aliphatic heterocycles. The largest absolute Gasteiger partial charge is 0.480 e. The predicted octanol–water partition coefficient (Wildman–Crippen LogP) is 4.78. The van der Waals surface area contributed by atoms with Crippen LogP contribution < -0.4 is 20.9 Å². The Hall–Kier alpha value is -4.69. The van der Waals surface area contributed by atoms with Gasteiger partial charge in [-0.25, -0.2) is 15.0 Å². The fourth-order valence-electron chi connectivity index (χ4n) is 3.76. The fraction of sp³-hybridized carbons (Fsp3) is 0.333. The summed E-state index contributed by atoms with van der Waals surface area (Å²) in [6.45, 7) is 10.9. The van der Waals surface area contributed by atoms with Crippen molar-refractivity contribution in [1.29, 1.82) is 0 Å². The molecule has 0 bridgehead atoms. The Bertz CT molecular complexity index is 1590. The van der Waals surface area contributed by atoms with Crippen molar-refractivity contribution < 1.29 is 23.1 Å². The lowest BCUT2D eigenvalue weighted by molar-refractivity contribution is -0.129. The first-order valence-electron chi connectivity index (χ1n) is 14.0. The Labute approximate surface area is 256 Å². The number of aryl methyl sites for hydroxylation is 1. The molecule has 44 heavy (non-hydrogen) atoms. The Balaban J connectivity index is 1.44. The summed E-state index contributed by atoms with van der Waals surface area (Å²) in [6.07, 6.45) is 2.40. The van der Waals surface area contributed by atoms with E-state index in [0.717, 1.165) is 6.07 Å². The van der Waals surface area contributed by atoms with Gasteiger partial charge in [-0.1, -0.05) is 39.0 Å². The third-order valence-corrected chi connectivity index (χ3v) is 11.8. The Morgan fingerprint density at radius 1 is 1.02 bits per heavy atom. The molecule has 1 unspecified atom stereocenters. The van der Waals surface area contributed by atoms with Crippen LogP contribution in [0.2, 0.25) is 18.1 Å². The van der Waals surface area contributed by atoms with Crippen molar-refractivity contribution in [2.75, 3.05) is 11.9 Å². The Morgan fingerprint density at radius 2 is 1.77 bits per heavy atom. The molecular weight excluding hydrogens is 583 g/mol. The monoisotopic (exact) mass is 620 g/mol. The second kappa shape index (κ2) is 13.7. The van der Waals surface area contributed by atoms with Gasteiger partial charge < -0.3 is 14.5 Å². The number of aromatic nitrogens is 5. The molecule has 12 nitrogen and oxygen atoms in total. The molecule has 14 heteroatoms. The number of hydrazine groups is 1. The topological polar surface area (TPSA) is 145 Å². The number of hydrogen-bond donors (Lipinski definition) is 3. The van der Waals surface area contributed by atoms with Gasteiger partial charge in [0.2, 0.25) is 11.9 Å². The second-order valence-electron chi connectivity index (χ2n) is 11.6. The molecule has 3 aromatic heterocycles. The van der Waals surface area contributed by atoms with Crippen molar-refractivity contribution in [3.8, 4) is 17.0 Å². The van der Waals surface area contributed by atoms with Crippen molar-refractivity contribution >= 4 is 31.9 Å². The molecule has 0 aliphatic rings. The highest BCUT2D eigenvalue weighted by Gasteiger charge is 2.37. The maximum Gasteiger partial charge on any atom is 0.288 e. The molecule has 1 aromatic carbocycles. The maximum atomic E-state index is 14.5. The van der Waals surface area contributed by atoms with Gasteiger partial charge in [0.25, 0.3) is 11.8 Å². The summed E-state index contributed by atoms with van der Waals surface area (Å²) in [5.41, 5.74) is 5.07. The molecule has 3 N–H and O–H groups in total. The highest BCUT2D eigenvalue weighted by atomic mass is 28.4. The van der Waals surface area contributed by atoms with Gasteiger partial charge in [0.1, 0.15) is 17.3 Å². The zero-order valence-corrected chi connectivity index (χ0v) is 26.6. The average molecular weight is 621 g/mol. The molecule has 0 saturated heterocycles. The summed E-state index contributed by atoms with van der Waals surface area (Å²) in [6, 6.07) is 14.7. The van der Waals surface area contributed by atoms with E-state index in [1.807, 2.05) is 6.07 Å². The molecule has 0 spiro atoms. The van der Waals surface area contributed by atoms with E-state index in [0.29, 0.717) is 23.9 Å². The molecule has 232 valence electrons. The number of carbonyl (C=O) groups excluding carboxylic acids is 2. The van der Waals surface area contributed by atoms with E-state index in [-0.39, 0.29) is 28.7 Å². The van der Waals surface area contributed by atoms with Crippen LogP contribution in [0.15, 0.2) is 67.0 Å². The van der Waals surface area contributed by atoms with Crippen LogP contribution in [-0.2, 0) is 16.3 Å². The van der Waals surface area contributed by atoms with Crippen LogP contribution in [0.5, 0.6) is 5.75 Å². The molecule has 0 saturated carbocycles. The summed E-state index contributed by atoms with van der Waals surface area (Å²) in [5.74, 6) is -0.920. The zero-order chi connectivity index (χ0) is 31.9. The molecule has 0 aliphatic carbocycles. The van der Waals surface area contributed by atoms with Crippen molar-refractivity contribution in [3.05, 3.63) is 78.6 Å². The first-order valence-corrected chi connectivity index (χ1v) is 16.9. The minimum absolute atomic E-state index is 0.00110. The van der Waals surface area contributed by atoms with Crippen molar-refractivity contribution in [1.82, 2.24) is 35.6 Å². The van der Waals surface area contributed by atoms with E-state index in [1.54, 1.807) is 54.3 Å². The third-order valence-electron chi connectivity index (χ3n) is 7.30. The summed E-state index contributed by atoms with van der Waals surface area (Å²) in [7, 11) is -0.301. The fourth-order valence-corrected chi connectivity index (χ4v) is 4.82. The van der Waals surface area contributed by atoms with Gasteiger partial charge in [-0.05, 0) is 42.4 Å². The lowest BCUT2D eigenvalue weighted by atomic mass is 10.1. The first kappa shape index (κ1) is 32.2. The number of carbonyl (C=O) groups is 2. The zero-order valence-electron chi connectivity index (χ0n) is 25.6. The third kappa shape index (κ3) is 8.45. The number of amides is 2. The molecule has 0 fully saturated rings. The van der Waals surface area contributed by atoms with Crippen LogP contribution in [0, 0.1) is 5.95 Å². The maximum absolute atomic E-state index is 14.5. The van der Waals surface area contributed by atoms with E-state index in [1.165, 1.54) is 12.3 Å². The predicted molar refractivity (Wildman–Crippen MR) is 166 cm³/mol. The number of hydrogen-bond acceptors (Lipinski definition) is 9. The number of rotatable bonds is 11.